The summed E-state index contributed by atoms with van der Waals surface area (Å²) in [6, 6.07) is 2.06. The first kappa shape index (κ1) is 11.0. The number of rotatable bonds is 2. The number of pyridine rings is 1. The first-order valence-corrected chi connectivity index (χ1v) is 5.99. The third kappa shape index (κ3) is 3.24. The van der Waals surface area contributed by atoms with E-state index in [2.05, 4.69) is 31.9 Å². The summed E-state index contributed by atoms with van der Waals surface area (Å²) in [5.41, 5.74) is 1.18. The highest BCUT2D eigenvalue weighted by molar-refractivity contribution is 9.10. The average Bonchev–Trinajstić information content (AvgIpc) is 2.22. The van der Waals surface area contributed by atoms with Crippen LogP contribution in [0.3, 0.4) is 0 Å². The van der Waals surface area contributed by atoms with E-state index in [0.29, 0.717) is 12.8 Å². The van der Waals surface area contributed by atoms with Gasteiger partial charge in [0, 0.05) is 36.5 Å². The van der Waals surface area contributed by atoms with Crippen LogP contribution < -0.4 is 0 Å². The van der Waals surface area contributed by atoms with Crippen LogP contribution in [0.5, 0.6) is 0 Å². The molecular weight excluding hydrogens is 259 g/mol. The lowest BCUT2D eigenvalue weighted by Gasteiger charge is -2.28. The molecule has 0 aliphatic carbocycles. The minimum Gasteiger partial charge on any atom is -0.299 e. The van der Waals surface area contributed by atoms with Gasteiger partial charge >= 0.3 is 0 Å². The predicted octanol–water partition coefficient (Wildman–Crippen LogP) is 2.78. The first-order chi connectivity index (χ1) is 7.24. The molecular formula is C11H14BrFN2. The molecule has 1 aliphatic heterocycles. The Kier molecular flexibility index (Phi) is 3.70. The third-order valence-corrected chi connectivity index (χ3v) is 3.12. The van der Waals surface area contributed by atoms with Crippen molar-refractivity contribution in [2.45, 2.75) is 25.6 Å². The van der Waals surface area contributed by atoms with Crippen molar-refractivity contribution in [3.63, 3.8) is 0 Å². The van der Waals surface area contributed by atoms with Gasteiger partial charge in [-0.3, -0.25) is 9.88 Å². The van der Waals surface area contributed by atoms with E-state index in [-0.39, 0.29) is 0 Å². The van der Waals surface area contributed by atoms with Crippen molar-refractivity contribution < 1.29 is 4.39 Å². The van der Waals surface area contributed by atoms with E-state index >= 15 is 0 Å². The summed E-state index contributed by atoms with van der Waals surface area (Å²) < 4.78 is 13.9. The minimum absolute atomic E-state index is 0.595. The summed E-state index contributed by atoms with van der Waals surface area (Å²) in [6.07, 6.45) is 4.38. The molecule has 1 saturated heterocycles. The number of hydrogen-bond acceptors (Lipinski definition) is 2. The second-order valence-electron chi connectivity index (χ2n) is 3.96. The van der Waals surface area contributed by atoms with E-state index in [1.807, 2.05) is 6.20 Å². The maximum Gasteiger partial charge on any atom is 0.103 e. The van der Waals surface area contributed by atoms with Crippen LogP contribution in [-0.2, 0) is 6.54 Å². The summed E-state index contributed by atoms with van der Waals surface area (Å²) in [7, 11) is 0. The Balaban J connectivity index is 1.92. The molecule has 4 heteroatoms. The number of piperidine rings is 1. The number of nitrogens with zero attached hydrogens (tertiary/aromatic N) is 2. The summed E-state index contributed by atoms with van der Waals surface area (Å²) in [5, 5.41) is 0. The predicted molar refractivity (Wildman–Crippen MR) is 61.3 cm³/mol. The van der Waals surface area contributed by atoms with Gasteiger partial charge in [-0.05, 0) is 40.4 Å². The smallest absolute Gasteiger partial charge is 0.103 e. The Bertz CT molecular complexity index is 324. The van der Waals surface area contributed by atoms with Gasteiger partial charge in [0.05, 0.1) is 0 Å². The second kappa shape index (κ2) is 5.03. The van der Waals surface area contributed by atoms with E-state index in [1.165, 1.54) is 5.56 Å². The largest absolute Gasteiger partial charge is 0.299 e. The number of alkyl halides is 1. The number of hydrogen-bond donors (Lipinski definition) is 0. The maximum atomic E-state index is 12.9. The fourth-order valence-corrected chi connectivity index (χ4v) is 2.27. The standard InChI is InChI=1S/C11H14BrFN2/c12-10-5-9(6-14-7-10)8-15-3-1-11(13)2-4-15/h5-7,11H,1-4,8H2. The lowest BCUT2D eigenvalue weighted by Crippen LogP contribution is -2.33. The molecule has 1 aromatic heterocycles. The zero-order valence-electron chi connectivity index (χ0n) is 8.50. The highest BCUT2D eigenvalue weighted by atomic mass is 79.9. The summed E-state index contributed by atoms with van der Waals surface area (Å²) in [4.78, 5) is 6.39. The molecule has 0 atom stereocenters. The Morgan fingerprint density at radius 2 is 2.13 bits per heavy atom. The van der Waals surface area contributed by atoms with Crippen molar-refractivity contribution in [2.24, 2.45) is 0 Å². The number of likely N-dealkylation sites (tertiary alicyclic amines) is 1. The Labute approximate surface area is 97.6 Å². The molecule has 0 spiro atoms. The van der Waals surface area contributed by atoms with Crippen molar-refractivity contribution in [1.82, 2.24) is 9.88 Å². The maximum absolute atomic E-state index is 12.9. The summed E-state index contributed by atoms with van der Waals surface area (Å²) in [5.74, 6) is 0. The third-order valence-electron chi connectivity index (χ3n) is 2.68. The van der Waals surface area contributed by atoms with Gasteiger partial charge in [-0.15, -0.1) is 0 Å². The zero-order valence-corrected chi connectivity index (χ0v) is 10.1. The Hall–Kier alpha value is -0.480. The van der Waals surface area contributed by atoms with Crippen molar-refractivity contribution in [3.8, 4) is 0 Å². The molecule has 2 rings (SSSR count). The number of halogens is 2. The van der Waals surface area contributed by atoms with Crippen LogP contribution in [0.1, 0.15) is 18.4 Å². The molecule has 1 fully saturated rings. The molecule has 1 aromatic rings. The highest BCUT2D eigenvalue weighted by Crippen LogP contribution is 2.17. The molecule has 2 heterocycles. The van der Waals surface area contributed by atoms with Crippen LogP contribution in [0.2, 0.25) is 0 Å². The Morgan fingerprint density at radius 3 is 2.80 bits per heavy atom. The molecule has 0 aromatic carbocycles. The van der Waals surface area contributed by atoms with Crippen molar-refractivity contribution in [2.75, 3.05) is 13.1 Å². The van der Waals surface area contributed by atoms with Crippen LogP contribution in [0.25, 0.3) is 0 Å². The van der Waals surface area contributed by atoms with Crippen LogP contribution in [0.4, 0.5) is 4.39 Å². The topological polar surface area (TPSA) is 16.1 Å². The molecule has 0 saturated carbocycles. The minimum atomic E-state index is -0.595. The van der Waals surface area contributed by atoms with Crippen molar-refractivity contribution in [1.29, 1.82) is 0 Å². The van der Waals surface area contributed by atoms with Gasteiger partial charge in [-0.25, -0.2) is 4.39 Å². The second-order valence-corrected chi connectivity index (χ2v) is 4.88. The molecule has 0 radical (unpaired) electrons. The highest BCUT2D eigenvalue weighted by Gasteiger charge is 2.18. The van der Waals surface area contributed by atoms with Gasteiger partial charge in [-0.1, -0.05) is 0 Å². The molecule has 0 N–H and O–H groups in total. The van der Waals surface area contributed by atoms with Gasteiger partial charge in [0.1, 0.15) is 6.17 Å². The summed E-state index contributed by atoms with van der Waals surface area (Å²) >= 11 is 3.40. The van der Waals surface area contributed by atoms with Gasteiger partial charge in [0.25, 0.3) is 0 Å². The Morgan fingerprint density at radius 1 is 1.40 bits per heavy atom. The van der Waals surface area contributed by atoms with E-state index in [1.54, 1.807) is 6.20 Å². The number of aromatic nitrogens is 1. The van der Waals surface area contributed by atoms with E-state index in [0.717, 1.165) is 24.1 Å². The summed E-state index contributed by atoms with van der Waals surface area (Å²) in [6.45, 7) is 2.58. The molecule has 0 unspecified atom stereocenters. The lowest BCUT2D eigenvalue weighted by molar-refractivity contribution is 0.145. The van der Waals surface area contributed by atoms with Crippen molar-refractivity contribution in [3.05, 3.63) is 28.5 Å². The molecule has 2 nitrogen and oxygen atoms in total. The van der Waals surface area contributed by atoms with E-state index in [4.69, 9.17) is 0 Å². The first-order valence-electron chi connectivity index (χ1n) is 5.20. The van der Waals surface area contributed by atoms with Crippen molar-refractivity contribution >= 4 is 15.9 Å². The fourth-order valence-electron chi connectivity index (χ4n) is 1.86. The monoisotopic (exact) mass is 272 g/mol. The van der Waals surface area contributed by atoms with Gasteiger partial charge in [0.15, 0.2) is 0 Å². The molecule has 82 valence electrons. The van der Waals surface area contributed by atoms with Gasteiger partial charge in [0.2, 0.25) is 0 Å². The van der Waals surface area contributed by atoms with Crippen LogP contribution in [0.15, 0.2) is 22.9 Å². The van der Waals surface area contributed by atoms with Gasteiger partial charge < -0.3 is 0 Å². The molecule has 15 heavy (non-hydrogen) atoms. The van der Waals surface area contributed by atoms with E-state index in [9.17, 15) is 4.39 Å². The molecule has 0 amide bonds. The quantitative estimate of drug-likeness (QED) is 0.823. The zero-order chi connectivity index (χ0) is 10.7. The molecule has 0 bridgehead atoms. The average molecular weight is 273 g/mol. The van der Waals surface area contributed by atoms with Crippen LogP contribution in [-0.4, -0.2) is 29.1 Å². The lowest BCUT2D eigenvalue weighted by atomic mass is 10.1. The van der Waals surface area contributed by atoms with E-state index < -0.39 is 6.17 Å². The van der Waals surface area contributed by atoms with Gasteiger partial charge in [-0.2, -0.15) is 0 Å². The molecule has 1 aliphatic rings. The van der Waals surface area contributed by atoms with Crippen LogP contribution in [0, 0.1) is 0 Å². The van der Waals surface area contributed by atoms with Crippen LogP contribution >= 0.6 is 15.9 Å². The SMILES string of the molecule is FC1CCN(Cc2cncc(Br)c2)CC1. The normalized spacial score (nSPS) is 19.3. The fraction of sp³-hybridized carbons (Fsp3) is 0.545.